The topological polar surface area (TPSA) is 32.5 Å². The van der Waals surface area contributed by atoms with Gasteiger partial charge >= 0.3 is 0 Å². The quantitative estimate of drug-likeness (QED) is 0.495. The van der Waals surface area contributed by atoms with Crippen molar-refractivity contribution in [2.75, 3.05) is 33.2 Å². The Morgan fingerprint density at radius 3 is 2.18 bits per heavy atom. The zero-order chi connectivity index (χ0) is 7.90. The van der Waals surface area contributed by atoms with E-state index in [1.54, 1.807) is 0 Å². The zero-order valence-corrected chi connectivity index (χ0v) is 7.21. The third kappa shape index (κ3) is 1.28. The summed E-state index contributed by atoms with van der Waals surface area (Å²) in [5, 5.41) is 1.94. The van der Waals surface area contributed by atoms with Gasteiger partial charge in [-0.2, -0.15) is 0 Å². The molecule has 1 spiro atoms. The minimum Gasteiger partial charge on any atom is -0.306 e. The van der Waals surface area contributed by atoms with Gasteiger partial charge in [-0.3, -0.25) is 5.84 Å². The standard InChI is InChI=1S/C8H17N3/c1-10-4-2-8(3-5-10)6-11(9)7-8/h2-7,9H2,1H3. The van der Waals surface area contributed by atoms with Gasteiger partial charge in [-0.1, -0.05) is 0 Å². The van der Waals surface area contributed by atoms with Crippen molar-refractivity contribution >= 4 is 0 Å². The van der Waals surface area contributed by atoms with Gasteiger partial charge in [-0.05, 0) is 33.0 Å². The van der Waals surface area contributed by atoms with E-state index >= 15 is 0 Å². The molecule has 0 bridgehead atoms. The SMILES string of the molecule is CN1CCC2(CC1)CN(N)C2. The van der Waals surface area contributed by atoms with Crippen LogP contribution in [0.25, 0.3) is 0 Å². The molecule has 2 saturated heterocycles. The van der Waals surface area contributed by atoms with Crippen molar-refractivity contribution in [1.29, 1.82) is 0 Å². The van der Waals surface area contributed by atoms with E-state index in [9.17, 15) is 0 Å². The second-order valence-electron chi connectivity index (χ2n) is 4.21. The molecule has 0 aromatic rings. The third-order valence-corrected chi connectivity index (χ3v) is 3.12. The third-order valence-electron chi connectivity index (χ3n) is 3.12. The van der Waals surface area contributed by atoms with Crippen molar-refractivity contribution in [1.82, 2.24) is 9.91 Å². The first-order valence-electron chi connectivity index (χ1n) is 4.38. The van der Waals surface area contributed by atoms with Gasteiger partial charge in [-0.15, -0.1) is 0 Å². The van der Waals surface area contributed by atoms with Crippen molar-refractivity contribution in [3.05, 3.63) is 0 Å². The molecule has 64 valence electrons. The lowest BCUT2D eigenvalue weighted by Gasteiger charge is -2.51. The predicted molar refractivity (Wildman–Crippen MR) is 44.9 cm³/mol. The van der Waals surface area contributed by atoms with Crippen LogP contribution in [-0.4, -0.2) is 43.1 Å². The van der Waals surface area contributed by atoms with Crippen molar-refractivity contribution in [3.63, 3.8) is 0 Å². The highest BCUT2D eigenvalue weighted by atomic mass is 15.4. The second-order valence-corrected chi connectivity index (χ2v) is 4.21. The Morgan fingerprint density at radius 1 is 1.18 bits per heavy atom. The molecular formula is C8H17N3. The fourth-order valence-electron chi connectivity index (χ4n) is 2.22. The smallest absolute Gasteiger partial charge is 0.0199 e. The predicted octanol–water partition coefficient (Wildman–Crippen LogP) is -0.112. The minimum atomic E-state index is 0.612. The van der Waals surface area contributed by atoms with Gasteiger partial charge in [0.25, 0.3) is 0 Å². The molecule has 2 heterocycles. The fourth-order valence-corrected chi connectivity index (χ4v) is 2.22. The molecule has 0 aliphatic carbocycles. The Morgan fingerprint density at radius 2 is 1.73 bits per heavy atom. The van der Waals surface area contributed by atoms with Crippen molar-refractivity contribution in [3.8, 4) is 0 Å². The summed E-state index contributed by atoms with van der Waals surface area (Å²) < 4.78 is 0. The second kappa shape index (κ2) is 2.44. The van der Waals surface area contributed by atoms with Gasteiger partial charge in [0, 0.05) is 18.5 Å². The van der Waals surface area contributed by atoms with Crippen molar-refractivity contribution in [2.45, 2.75) is 12.8 Å². The van der Waals surface area contributed by atoms with Crippen molar-refractivity contribution in [2.24, 2.45) is 11.3 Å². The average molecular weight is 155 g/mol. The van der Waals surface area contributed by atoms with E-state index in [0.29, 0.717) is 5.41 Å². The van der Waals surface area contributed by atoms with E-state index in [4.69, 9.17) is 5.84 Å². The fraction of sp³-hybridized carbons (Fsp3) is 1.00. The lowest BCUT2D eigenvalue weighted by molar-refractivity contribution is -0.0429. The van der Waals surface area contributed by atoms with Crippen LogP contribution in [0.15, 0.2) is 0 Å². The van der Waals surface area contributed by atoms with Gasteiger partial charge in [0.2, 0.25) is 0 Å². The summed E-state index contributed by atoms with van der Waals surface area (Å²) in [6.45, 7) is 4.77. The van der Waals surface area contributed by atoms with E-state index in [2.05, 4.69) is 11.9 Å². The maximum absolute atomic E-state index is 5.64. The first-order valence-corrected chi connectivity index (χ1v) is 4.38. The van der Waals surface area contributed by atoms with E-state index in [-0.39, 0.29) is 0 Å². The summed E-state index contributed by atoms with van der Waals surface area (Å²) in [6, 6.07) is 0. The molecule has 0 saturated carbocycles. The first-order chi connectivity index (χ1) is 5.20. The van der Waals surface area contributed by atoms with Crippen LogP contribution in [0.3, 0.4) is 0 Å². The number of nitrogens with two attached hydrogens (primary N) is 1. The Labute approximate surface area is 68.1 Å². The largest absolute Gasteiger partial charge is 0.306 e. The normalized spacial score (nSPS) is 32.2. The molecule has 3 heteroatoms. The number of hydrazine groups is 1. The molecule has 0 radical (unpaired) electrons. The van der Waals surface area contributed by atoms with Gasteiger partial charge < -0.3 is 4.90 Å². The first kappa shape index (κ1) is 7.53. The summed E-state index contributed by atoms with van der Waals surface area (Å²) in [4.78, 5) is 2.41. The molecule has 2 fully saturated rings. The number of piperidine rings is 1. The molecule has 0 aromatic carbocycles. The van der Waals surface area contributed by atoms with Crippen molar-refractivity contribution < 1.29 is 0 Å². The van der Waals surface area contributed by atoms with Crippen LogP contribution < -0.4 is 5.84 Å². The average Bonchev–Trinajstić information content (AvgIpc) is 1.92. The maximum atomic E-state index is 5.64. The van der Waals surface area contributed by atoms with E-state index in [1.165, 1.54) is 25.9 Å². The van der Waals surface area contributed by atoms with Crippen LogP contribution in [0.1, 0.15) is 12.8 Å². The van der Waals surface area contributed by atoms with Crippen LogP contribution >= 0.6 is 0 Å². The lowest BCUT2D eigenvalue weighted by Crippen LogP contribution is -2.62. The van der Waals surface area contributed by atoms with Crippen LogP contribution in [0.4, 0.5) is 0 Å². The highest BCUT2D eigenvalue weighted by Crippen LogP contribution is 2.38. The summed E-state index contributed by atoms with van der Waals surface area (Å²) in [5.74, 6) is 5.64. The zero-order valence-electron chi connectivity index (χ0n) is 7.21. The number of hydrogen-bond acceptors (Lipinski definition) is 3. The highest BCUT2D eigenvalue weighted by molar-refractivity contribution is 4.95. The van der Waals surface area contributed by atoms with Gasteiger partial charge in [0.15, 0.2) is 0 Å². The molecular weight excluding hydrogens is 138 g/mol. The summed E-state index contributed by atoms with van der Waals surface area (Å²) in [7, 11) is 2.20. The van der Waals surface area contributed by atoms with Crippen LogP contribution in [0.5, 0.6) is 0 Å². The molecule has 0 unspecified atom stereocenters. The van der Waals surface area contributed by atoms with Gasteiger partial charge in [0.1, 0.15) is 0 Å². The molecule has 2 aliphatic heterocycles. The highest BCUT2D eigenvalue weighted by Gasteiger charge is 2.42. The Bertz CT molecular complexity index is 141. The molecule has 3 nitrogen and oxygen atoms in total. The summed E-state index contributed by atoms with van der Waals surface area (Å²) in [5.41, 5.74) is 0.612. The van der Waals surface area contributed by atoms with E-state index in [0.717, 1.165) is 13.1 Å². The lowest BCUT2D eigenvalue weighted by atomic mass is 9.73. The monoisotopic (exact) mass is 155 g/mol. The maximum Gasteiger partial charge on any atom is 0.0199 e. The van der Waals surface area contributed by atoms with E-state index in [1.807, 2.05) is 5.01 Å². The Kier molecular flexibility index (Phi) is 1.67. The van der Waals surface area contributed by atoms with Crippen LogP contribution in [-0.2, 0) is 0 Å². The number of rotatable bonds is 0. The summed E-state index contributed by atoms with van der Waals surface area (Å²) in [6.07, 6.45) is 2.69. The Hall–Kier alpha value is -0.120. The molecule has 2 aliphatic rings. The molecule has 2 rings (SSSR count). The molecule has 0 amide bonds. The van der Waals surface area contributed by atoms with E-state index < -0.39 is 0 Å². The van der Waals surface area contributed by atoms with Gasteiger partial charge in [-0.25, -0.2) is 5.01 Å². The number of hydrogen-bond donors (Lipinski definition) is 1. The number of nitrogens with zero attached hydrogens (tertiary/aromatic N) is 2. The molecule has 2 N–H and O–H groups in total. The molecule has 0 atom stereocenters. The number of likely N-dealkylation sites (tertiary alicyclic amines) is 1. The minimum absolute atomic E-state index is 0.612. The molecule has 0 aromatic heterocycles. The van der Waals surface area contributed by atoms with Crippen LogP contribution in [0, 0.1) is 5.41 Å². The Balaban J connectivity index is 1.88. The van der Waals surface area contributed by atoms with Crippen LogP contribution in [0.2, 0.25) is 0 Å². The summed E-state index contributed by atoms with van der Waals surface area (Å²) >= 11 is 0. The molecule has 11 heavy (non-hydrogen) atoms. The van der Waals surface area contributed by atoms with Gasteiger partial charge in [0.05, 0.1) is 0 Å².